The number of aliphatic imine (C=N–C) groups is 1. The molecule has 17 heteroatoms. The van der Waals surface area contributed by atoms with E-state index in [2.05, 4.69) is 30.7 Å². The van der Waals surface area contributed by atoms with E-state index >= 15 is 0 Å². The van der Waals surface area contributed by atoms with Crippen LogP contribution < -0.4 is 22.1 Å². The van der Waals surface area contributed by atoms with Gasteiger partial charge in [-0.05, 0) is 25.0 Å². The van der Waals surface area contributed by atoms with Gasteiger partial charge in [0.05, 0.1) is 10.6 Å². The maximum atomic E-state index is 13.2. The van der Waals surface area contributed by atoms with Gasteiger partial charge in [0, 0.05) is 19.6 Å². The number of nitrogen functional groups attached to an aromatic ring is 2. The molecule has 1 aromatic heterocycles. The number of piperidine rings is 1. The van der Waals surface area contributed by atoms with Gasteiger partial charge in [-0.15, -0.1) is 0 Å². The molecule has 2 saturated heterocycles. The van der Waals surface area contributed by atoms with Crippen LogP contribution >= 0.6 is 23.2 Å². The molecule has 35 heavy (non-hydrogen) atoms. The largest absolute Gasteiger partial charge is 0.410 e. The van der Waals surface area contributed by atoms with Crippen LogP contribution in [-0.2, 0) is 10.0 Å². The Morgan fingerprint density at radius 3 is 2.54 bits per heavy atom. The molecule has 0 unspecified atom stereocenters. The van der Waals surface area contributed by atoms with E-state index in [1.807, 2.05) is 0 Å². The Morgan fingerprint density at radius 1 is 1.20 bits per heavy atom. The summed E-state index contributed by atoms with van der Waals surface area (Å²) in [5, 5.41) is 26.0. The Kier molecular flexibility index (Phi) is 6.44. The molecule has 14 nitrogen and oxygen atoms in total. The molecule has 186 valence electrons. The van der Waals surface area contributed by atoms with Crippen molar-refractivity contribution < 1.29 is 18.4 Å². The smallest absolute Gasteiger partial charge is 0.302 e. The average molecular weight is 543 g/mol. The number of nitrogens with zero attached hydrogens (tertiary/aromatic N) is 5. The summed E-state index contributed by atoms with van der Waals surface area (Å²) < 4.78 is 27.6. The summed E-state index contributed by atoms with van der Waals surface area (Å²) in [5.41, 5.74) is 9.61. The molecule has 2 aliphatic heterocycles. The van der Waals surface area contributed by atoms with E-state index in [0.29, 0.717) is 19.4 Å². The Labute approximate surface area is 209 Å². The first-order chi connectivity index (χ1) is 16.5. The molecule has 1 spiro atoms. The molecule has 1 aromatic rings. The van der Waals surface area contributed by atoms with Crippen molar-refractivity contribution in [2.75, 3.05) is 31.1 Å². The number of carbonyl (C=O) groups excluding carboxylic acids is 1. The molecule has 0 saturated carbocycles. The van der Waals surface area contributed by atoms with Crippen LogP contribution in [0.15, 0.2) is 32.2 Å². The van der Waals surface area contributed by atoms with Crippen LogP contribution in [0.1, 0.15) is 23.3 Å². The second-order valence-electron chi connectivity index (χ2n) is 7.93. The van der Waals surface area contributed by atoms with Crippen LogP contribution in [0.5, 0.6) is 0 Å². The van der Waals surface area contributed by atoms with Gasteiger partial charge in [-0.1, -0.05) is 28.4 Å². The first-order valence-electron chi connectivity index (χ1n) is 10.1. The zero-order valence-electron chi connectivity index (χ0n) is 17.9. The van der Waals surface area contributed by atoms with Gasteiger partial charge in [0.1, 0.15) is 16.3 Å². The number of nitrogens with one attached hydrogen (secondary N) is 3. The SMILES string of the molecule is N=C1C(Cl)=CC=C(S(=O)(=O)N2CCC3(CC2)CN/C(=N\C(=O)c2nc(Cl)c(N)nc2N)N3)/C1=N/O. The van der Waals surface area contributed by atoms with Gasteiger partial charge >= 0.3 is 5.91 Å². The zero-order valence-corrected chi connectivity index (χ0v) is 20.2. The lowest BCUT2D eigenvalue weighted by Gasteiger charge is -2.38. The molecule has 2 fully saturated rings. The van der Waals surface area contributed by atoms with Crippen molar-refractivity contribution in [2.45, 2.75) is 18.4 Å². The first-order valence-corrected chi connectivity index (χ1v) is 12.3. The van der Waals surface area contributed by atoms with Crippen molar-refractivity contribution in [1.29, 1.82) is 5.41 Å². The van der Waals surface area contributed by atoms with Crippen LogP contribution in [0, 0.1) is 5.41 Å². The van der Waals surface area contributed by atoms with E-state index in [0.717, 1.165) is 0 Å². The van der Waals surface area contributed by atoms with E-state index in [9.17, 15) is 18.4 Å². The molecule has 1 aliphatic carbocycles. The number of carbonyl (C=O) groups is 1. The van der Waals surface area contributed by atoms with Crippen molar-refractivity contribution >= 4 is 68.2 Å². The highest BCUT2D eigenvalue weighted by atomic mass is 35.5. The lowest BCUT2D eigenvalue weighted by Crippen LogP contribution is -2.54. The van der Waals surface area contributed by atoms with Gasteiger partial charge in [0.25, 0.3) is 0 Å². The minimum atomic E-state index is -4.05. The number of nitrogens with two attached hydrogens (primary N) is 2. The number of guanidine groups is 1. The van der Waals surface area contributed by atoms with Gasteiger partial charge < -0.3 is 27.3 Å². The third-order valence-electron chi connectivity index (χ3n) is 5.79. The Balaban J connectivity index is 1.46. The zero-order chi connectivity index (χ0) is 25.5. The number of amides is 1. The normalized spacial score (nSPS) is 22.6. The lowest BCUT2D eigenvalue weighted by molar-refractivity contribution is 0.0998. The van der Waals surface area contributed by atoms with Crippen molar-refractivity contribution in [1.82, 2.24) is 24.9 Å². The number of hydrogen-bond acceptors (Lipinski definition) is 10. The van der Waals surface area contributed by atoms with Crippen LogP contribution in [-0.4, -0.2) is 76.4 Å². The molecular weight excluding hydrogens is 523 g/mol. The van der Waals surface area contributed by atoms with Crippen molar-refractivity contribution in [3.63, 3.8) is 0 Å². The van der Waals surface area contributed by atoms with Crippen LogP contribution in [0.3, 0.4) is 0 Å². The Bertz CT molecular complexity index is 1350. The number of rotatable bonds is 3. The molecule has 8 N–H and O–H groups in total. The third kappa shape index (κ3) is 4.54. The van der Waals surface area contributed by atoms with Crippen LogP contribution in [0.2, 0.25) is 5.15 Å². The van der Waals surface area contributed by atoms with Crippen molar-refractivity contribution in [3.05, 3.63) is 32.9 Å². The predicted molar refractivity (Wildman–Crippen MR) is 130 cm³/mol. The van der Waals surface area contributed by atoms with Gasteiger partial charge in [0.15, 0.2) is 28.4 Å². The number of aromatic nitrogens is 2. The molecule has 0 aromatic carbocycles. The second-order valence-corrected chi connectivity index (χ2v) is 10.6. The predicted octanol–water partition coefficient (Wildman–Crippen LogP) is 0.0180. The standard InChI is InChI=1S/C18H20Cl2N10O4S/c19-8-1-2-9(11(29-32)10(8)21)35(33,34)30-5-3-18(4-6-30)7-24-17(28-18)27-16(31)12-14(22)26-15(23)13(20)25-12/h1-2,21,32H,3-7H2,(H4,22,23,26)(H2,24,27,28,31)/b21-10?,29-11-. The maximum absolute atomic E-state index is 13.2. The van der Waals surface area contributed by atoms with E-state index in [-0.39, 0.29) is 57.2 Å². The van der Waals surface area contributed by atoms with E-state index in [1.165, 1.54) is 16.5 Å². The molecule has 3 aliphatic rings. The minimum Gasteiger partial charge on any atom is -0.410 e. The number of halogens is 2. The monoisotopic (exact) mass is 542 g/mol. The number of oxime groups is 1. The summed E-state index contributed by atoms with van der Waals surface area (Å²) in [4.78, 5) is 23.7. The molecule has 3 heterocycles. The number of sulfonamides is 1. The van der Waals surface area contributed by atoms with Crippen LogP contribution in [0.4, 0.5) is 11.6 Å². The van der Waals surface area contributed by atoms with Crippen LogP contribution in [0.25, 0.3) is 0 Å². The maximum Gasteiger partial charge on any atom is 0.302 e. The van der Waals surface area contributed by atoms with Gasteiger partial charge in [-0.25, -0.2) is 18.4 Å². The van der Waals surface area contributed by atoms with Gasteiger partial charge in [0.2, 0.25) is 10.0 Å². The average Bonchev–Trinajstić information content (AvgIpc) is 3.19. The van der Waals surface area contributed by atoms with Crippen molar-refractivity contribution in [3.8, 4) is 0 Å². The topological polar surface area (TPSA) is 225 Å². The lowest BCUT2D eigenvalue weighted by atomic mass is 9.90. The summed E-state index contributed by atoms with van der Waals surface area (Å²) in [6.45, 7) is 0.655. The highest BCUT2D eigenvalue weighted by molar-refractivity contribution is 7.94. The highest BCUT2D eigenvalue weighted by Gasteiger charge is 2.44. The highest BCUT2D eigenvalue weighted by Crippen LogP contribution is 2.30. The fraction of sp³-hybridized carbons (Fsp3) is 0.333. The second kappa shape index (κ2) is 9.07. The third-order valence-corrected chi connectivity index (χ3v) is 8.31. The number of hydrogen-bond donors (Lipinski definition) is 6. The molecule has 0 atom stereocenters. The minimum absolute atomic E-state index is 0.0362. The Hall–Kier alpha value is -3.27. The van der Waals surface area contributed by atoms with Gasteiger partial charge in [-0.3, -0.25) is 10.2 Å². The molecule has 0 radical (unpaired) electrons. The Morgan fingerprint density at radius 2 is 1.89 bits per heavy atom. The number of anilines is 2. The molecule has 1 amide bonds. The van der Waals surface area contributed by atoms with Crippen molar-refractivity contribution in [2.24, 2.45) is 10.1 Å². The fourth-order valence-electron chi connectivity index (χ4n) is 3.86. The molecule has 4 rings (SSSR count). The summed E-state index contributed by atoms with van der Waals surface area (Å²) >= 11 is 11.7. The van der Waals surface area contributed by atoms with E-state index in [4.69, 9.17) is 40.1 Å². The van der Waals surface area contributed by atoms with E-state index in [1.54, 1.807) is 0 Å². The fourth-order valence-corrected chi connectivity index (χ4v) is 5.71. The summed E-state index contributed by atoms with van der Waals surface area (Å²) in [7, 11) is -4.05. The molecule has 0 bridgehead atoms. The first kappa shape index (κ1) is 24.8. The summed E-state index contributed by atoms with van der Waals surface area (Å²) in [5.74, 6) is -0.917. The molecular formula is C18H20Cl2N10O4S. The summed E-state index contributed by atoms with van der Waals surface area (Å²) in [6.07, 6.45) is 3.24. The quantitative estimate of drug-likeness (QED) is 0.170. The summed E-state index contributed by atoms with van der Waals surface area (Å²) in [6, 6.07) is 0. The van der Waals surface area contributed by atoms with Gasteiger partial charge in [-0.2, -0.15) is 9.30 Å². The van der Waals surface area contributed by atoms with E-state index < -0.39 is 27.2 Å². The number of allylic oxidation sites excluding steroid dienone is 4.